The first-order valence-electron chi connectivity index (χ1n) is 7.09. The van der Waals surface area contributed by atoms with E-state index in [1.807, 2.05) is 45.9 Å². The Labute approximate surface area is 129 Å². The van der Waals surface area contributed by atoms with Crippen LogP contribution in [0.1, 0.15) is 28.2 Å². The minimum absolute atomic E-state index is 0.266. The molecule has 0 spiro atoms. The minimum atomic E-state index is -0.680. The summed E-state index contributed by atoms with van der Waals surface area (Å²) in [6, 6.07) is 7.36. The molecule has 22 heavy (non-hydrogen) atoms. The molecule has 0 aliphatic carbocycles. The molecule has 0 aliphatic heterocycles. The normalized spacial score (nSPS) is 10.4. The van der Waals surface area contributed by atoms with Gasteiger partial charge in [0, 0.05) is 17.8 Å². The predicted molar refractivity (Wildman–Crippen MR) is 84.6 cm³/mol. The second-order valence-corrected chi connectivity index (χ2v) is 5.37. The number of nitrogens with one attached hydrogen (secondary N) is 2. The van der Waals surface area contributed by atoms with Crippen LogP contribution in [-0.4, -0.2) is 11.8 Å². The van der Waals surface area contributed by atoms with Crippen molar-refractivity contribution in [1.82, 2.24) is 5.32 Å². The fourth-order valence-electron chi connectivity index (χ4n) is 2.12. The Balaban J connectivity index is 1.93. The number of rotatable bonds is 3. The Hall–Kier alpha value is -2.56. The van der Waals surface area contributed by atoms with Gasteiger partial charge in [-0.05, 0) is 57.0 Å². The lowest BCUT2D eigenvalue weighted by atomic mass is 10.1. The standard InChI is InChI=1S/C17H20N2O3/c1-10-5-6-15(7-11(10)2)19-17(21)16(20)18-9-14-8-12(3)22-13(14)4/h5-8H,9H2,1-4H3,(H,18,20)(H,19,21). The third-order valence-electron chi connectivity index (χ3n) is 3.55. The summed E-state index contributed by atoms with van der Waals surface area (Å²) < 4.78 is 5.38. The van der Waals surface area contributed by atoms with Crippen LogP contribution in [0.15, 0.2) is 28.7 Å². The molecular formula is C17H20N2O3. The van der Waals surface area contributed by atoms with Crippen LogP contribution in [0.3, 0.4) is 0 Å². The molecule has 0 radical (unpaired) electrons. The van der Waals surface area contributed by atoms with E-state index in [0.717, 1.165) is 28.2 Å². The van der Waals surface area contributed by atoms with E-state index < -0.39 is 11.8 Å². The topological polar surface area (TPSA) is 71.3 Å². The van der Waals surface area contributed by atoms with Crippen molar-refractivity contribution in [2.24, 2.45) is 0 Å². The van der Waals surface area contributed by atoms with Gasteiger partial charge < -0.3 is 15.1 Å². The average molecular weight is 300 g/mol. The number of benzene rings is 1. The van der Waals surface area contributed by atoms with Gasteiger partial charge in [-0.25, -0.2) is 0 Å². The van der Waals surface area contributed by atoms with Gasteiger partial charge in [0.1, 0.15) is 11.5 Å². The van der Waals surface area contributed by atoms with E-state index in [1.165, 1.54) is 0 Å². The van der Waals surface area contributed by atoms with Gasteiger partial charge in [-0.3, -0.25) is 9.59 Å². The van der Waals surface area contributed by atoms with Crippen LogP contribution >= 0.6 is 0 Å². The molecular weight excluding hydrogens is 280 g/mol. The van der Waals surface area contributed by atoms with Gasteiger partial charge in [-0.1, -0.05) is 6.07 Å². The highest BCUT2D eigenvalue weighted by atomic mass is 16.3. The van der Waals surface area contributed by atoms with E-state index in [0.29, 0.717) is 5.69 Å². The Morgan fingerprint density at radius 2 is 1.73 bits per heavy atom. The molecule has 5 nitrogen and oxygen atoms in total. The third kappa shape index (κ3) is 3.75. The molecule has 2 rings (SSSR count). The van der Waals surface area contributed by atoms with E-state index in [9.17, 15) is 9.59 Å². The van der Waals surface area contributed by atoms with Crippen molar-refractivity contribution in [2.45, 2.75) is 34.2 Å². The van der Waals surface area contributed by atoms with Crippen molar-refractivity contribution in [3.63, 3.8) is 0 Å². The van der Waals surface area contributed by atoms with E-state index >= 15 is 0 Å². The maximum absolute atomic E-state index is 11.9. The molecule has 0 aliphatic rings. The quantitative estimate of drug-likeness (QED) is 0.856. The van der Waals surface area contributed by atoms with Crippen LogP contribution in [-0.2, 0) is 16.1 Å². The summed E-state index contributed by atoms with van der Waals surface area (Å²) in [6.45, 7) is 7.87. The molecule has 1 aromatic heterocycles. The number of furan rings is 1. The molecule has 2 N–H and O–H groups in total. The van der Waals surface area contributed by atoms with E-state index in [4.69, 9.17) is 4.42 Å². The lowest BCUT2D eigenvalue weighted by Crippen LogP contribution is -2.35. The van der Waals surface area contributed by atoms with Crippen molar-refractivity contribution in [1.29, 1.82) is 0 Å². The summed E-state index contributed by atoms with van der Waals surface area (Å²) in [7, 11) is 0. The molecule has 0 bridgehead atoms. The predicted octanol–water partition coefficient (Wildman–Crippen LogP) is 2.77. The minimum Gasteiger partial charge on any atom is -0.466 e. The average Bonchev–Trinajstić information content (AvgIpc) is 2.78. The van der Waals surface area contributed by atoms with Crippen molar-refractivity contribution in [2.75, 3.05) is 5.32 Å². The summed E-state index contributed by atoms with van der Waals surface area (Å²) in [5.74, 6) is 0.173. The molecule has 0 fully saturated rings. The number of anilines is 1. The summed E-state index contributed by atoms with van der Waals surface area (Å²) >= 11 is 0. The van der Waals surface area contributed by atoms with E-state index in [2.05, 4.69) is 10.6 Å². The second kappa shape index (κ2) is 6.47. The Morgan fingerprint density at radius 3 is 2.32 bits per heavy atom. The first kappa shape index (κ1) is 15.8. The Kier molecular flexibility index (Phi) is 4.65. The zero-order valence-corrected chi connectivity index (χ0v) is 13.2. The van der Waals surface area contributed by atoms with Crippen LogP contribution in [0.2, 0.25) is 0 Å². The molecule has 1 heterocycles. The molecule has 1 aromatic carbocycles. The largest absolute Gasteiger partial charge is 0.466 e. The highest BCUT2D eigenvalue weighted by molar-refractivity contribution is 6.39. The Bertz CT molecular complexity index is 717. The van der Waals surface area contributed by atoms with Gasteiger partial charge in [0.05, 0.1) is 0 Å². The van der Waals surface area contributed by atoms with Gasteiger partial charge in [0.2, 0.25) is 0 Å². The summed E-state index contributed by atoms with van der Waals surface area (Å²) in [6.07, 6.45) is 0. The Morgan fingerprint density at radius 1 is 1.00 bits per heavy atom. The molecule has 2 amide bonds. The van der Waals surface area contributed by atoms with E-state index in [1.54, 1.807) is 6.07 Å². The molecule has 2 aromatic rings. The third-order valence-corrected chi connectivity index (χ3v) is 3.55. The van der Waals surface area contributed by atoms with Crippen molar-refractivity contribution >= 4 is 17.5 Å². The molecule has 116 valence electrons. The number of hydrogen-bond acceptors (Lipinski definition) is 3. The fraction of sp³-hybridized carbons (Fsp3) is 0.294. The smallest absolute Gasteiger partial charge is 0.313 e. The van der Waals surface area contributed by atoms with Crippen molar-refractivity contribution in [3.8, 4) is 0 Å². The maximum Gasteiger partial charge on any atom is 0.313 e. The monoisotopic (exact) mass is 300 g/mol. The highest BCUT2D eigenvalue weighted by Crippen LogP contribution is 2.14. The van der Waals surface area contributed by atoms with Crippen LogP contribution in [0, 0.1) is 27.7 Å². The summed E-state index contributed by atoms with van der Waals surface area (Å²) in [5.41, 5.74) is 3.67. The van der Waals surface area contributed by atoms with Crippen LogP contribution in [0.5, 0.6) is 0 Å². The van der Waals surface area contributed by atoms with Gasteiger partial charge in [-0.15, -0.1) is 0 Å². The van der Waals surface area contributed by atoms with Crippen molar-refractivity contribution < 1.29 is 14.0 Å². The SMILES string of the molecule is Cc1cc(CNC(=O)C(=O)Nc2ccc(C)c(C)c2)c(C)o1. The number of hydrogen-bond donors (Lipinski definition) is 2. The van der Waals surface area contributed by atoms with Crippen molar-refractivity contribution in [3.05, 3.63) is 52.5 Å². The highest BCUT2D eigenvalue weighted by Gasteiger charge is 2.15. The van der Waals surface area contributed by atoms with Crippen LogP contribution in [0.25, 0.3) is 0 Å². The van der Waals surface area contributed by atoms with Crippen LogP contribution in [0.4, 0.5) is 5.69 Å². The number of carbonyl (C=O) groups excluding carboxylic acids is 2. The first-order chi connectivity index (χ1) is 10.4. The molecule has 0 saturated carbocycles. The molecule has 0 unspecified atom stereocenters. The maximum atomic E-state index is 11.9. The fourth-order valence-corrected chi connectivity index (χ4v) is 2.12. The van der Waals surface area contributed by atoms with Crippen LogP contribution < -0.4 is 10.6 Å². The number of carbonyl (C=O) groups is 2. The summed E-state index contributed by atoms with van der Waals surface area (Å²) in [5, 5.41) is 5.18. The number of aryl methyl sites for hydroxylation is 4. The lowest BCUT2D eigenvalue weighted by molar-refractivity contribution is -0.136. The number of amides is 2. The summed E-state index contributed by atoms with van der Waals surface area (Å²) in [4.78, 5) is 23.7. The molecule has 5 heteroatoms. The first-order valence-corrected chi connectivity index (χ1v) is 7.09. The van der Waals surface area contributed by atoms with Gasteiger partial charge in [-0.2, -0.15) is 0 Å². The van der Waals surface area contributed by atoms with Gasteiger partial charge in [0.25, 0.3) is 0 Å². The van der Waals surface area contributed by atoms with Gasteiger partial charge >= 0.3 is 11.8 Å². The second-order valence-electron chi connectivity index (χ2n) is 5.37. The molecule has 0 atom stereocenters. The zero-order chi connectivity index (χ0) is 16.3. The van der Waals surface area contributed by atoms with E-state index in [-0.39, 0.29) is 6.54 Å². The zero-order valence-electron chi connectivity index (χ0n) is 13.2. The van der Waals surface area contributed by atoms with Gasteiger partial charge in [0.15, 0.2) is 0 Å². The molecule has 0 saturated heterocycles. The lowest BCUT2D eigenvalue weighted by Gasteiger charge is -2.08.